The van der Waals surface area contributed by atoms with Gasteiger partial charge in [-0.2, -0.15) is 16.7 Å². The van der Waals surface area contributed by atoms with Crippen LogP contribution in [0.2, 0.25) is 0 Å². The Labute approximate surface area is 126 Å². The van der Waals surface area contributed by atoms with E-state index in [1.807, 2.05) is 35.7 Å². The van der Waals surface area contributed by atoms with Gasteiger partial charge in [0.2, 0.25) is 0 Å². The second-order valence-electron chi connectivity index (χ2n) is 4.58. The highest BCUT2D eigenvalue weighted by atomic mass is 32.2. The Morgan fingerprint density at radius 1 is 1.35 bits per heavy atom. The fourth-order valence-electron chi connectivity index (χ4n) is 2.04. The van der Waals surface area contributed by atoms with E-state index in [-0.39, 0.29) is 0 Å². The Balaban J connectivity index is 1.81. The van der Waals surface area contributed by atoms with Gasteiger partial charge in [0.15, 0.2) is 5.82 Å². The summed E-state index contributed by atoms with van der Waals surface area (Å²) in [6.07, 6.45) is 1.74. The Hall–Kier alpha value is -1.05. The molecule has 1 saturated heterocycles. The van der Waals surface area contributed by atoms with Crippen LogP contribution in [0.5, 0.6) is 0 Å². The lowest BCUT2D eigenvalue weighted by Crippen LogP contribution is -2.16. The molecule has 2 unspecified atom stereocenters. The van der Waals surface area contributed by atoms with Crippen molar-refractivity contribution >= 4 is 23.5 Å². The number of pyridine rings is 1. The lowest BCUT2D eigenvalue weighted by Gasteiger charge is -2.24. The lowest BCUT2D eigenvalue weighted by molar-refractivity contribution is 0.420. The van der Waals surface area contributed by atoms with Gasteiger partial charge in [-0.25, -0.2) is 0 Å². The van der Waals surface area contributed by atoms with Crippen LogP contribution in [0.3, 0.4) is 0 Å². The summed E-state index contributed by atoms with van der Waals surface area (Å²) in [5, 5.41) is 4.93. The first-order valence-electron chi connectivity index (χ1n) is 6.50. The second kappa shape index (κ2) is 6.15. The van der Waals surface area contributed by atoms with Gasteiger partial charge in [-0.15, -0.1) is 11.8 Å². The van der Waals surface area contributed by atoms with Crippen LogP contribution in [0.1, 0.15) is 23.6 Å². The third kappa shape index (κ3) is 2.84. The molecule has 0 bridgehead atoms. The minimum Gasteiger partial charge on any atom is -0.332 e. The Kier molecular flexibility index (Phi) is 4.28. The summed E-state index contributed by atoms with van der Waals surface area (Å²) in [5.41, 5.74) is 7.24. The monoisotopic (exact) mass is 308 g/mol. The molecule has 2 aromatic heterocycles. The van der Waals surface area contributed by atoms with Gasteiger partial charge >= 0.3 is 0 Å². The smallest absolute Gasteiger partial charge is 0.276 e. The largest absolute Gasteiger partial charge is 0.332 e. The molecule has 0 amide bonds. The van der Waals surface area contributed by atoms with E-state index in [4.69, 9.17) is 10.3 Å². The van der Waals surface area contributed by atoms with E-state index in [2.05, 4.69) is 22.0 Å². The van der Waals surface area contributed by atoms with Gasteiger partial charge < -0.3 is 10.3 Å². The van der Waals surface area contributed by atoms with Gasteiger partial charge in [0.05, 0.1) is 5.25 Å². The number of hydrogen-bond acceptors (Lipinski definition) is 7. The van der Waals surface area contributed by atoms with Crippen molar-refractivity contribution in [2.24, 2.45) is 5.73 Å². The molecule has 7 heteroatoms. The van der Waals surface area contributed by atoms with Crippen LogP contribution >= 0.6 is 23.5 Å². The van der Waals surface area contributed by atoms with Gasteiger partial charge in [-0.3, -0.25) is 4.98 Å². The third-order valence-electron chi connectivity index (χ3n) is 3.16. The molecule has 5 nitrogen and oxygen atoms in total. The van der Waals surface area contributed by atoms with Crippen molar-refractivity contribution in [2.45, 2.75) is 24.0 Å². The summed E-state index contributed by atoms with van der Waals surface area (Å²) in [5.74, 6) is 3.57. The summed E-state index contributed by atoms with van der Waals surface area (Å²) in [6.45, 7) is 2.70. The van der Waals surface area contributed by atoms with Gasteiger partial charge in [0.25, 0.3) is 5.89 Å². The van der Waals surface area contributed by atoms with Crippen LogP contribution in [0.4, 0.5) is 0 Å². The summed E-state index contributed by atoms with van der Waals surface area (Å²) < 4.78 is 5.35. The number of aromatic nitrogens is 3. The first-order valence-corrected chi connectivity index (χ1v) is 8.60. The quantitative estimate of drug-likeness (QED) is 0.933. The van der Waals surface area contributed by atoms with Crippen LogP contribution in [-0.4, -0.2) is 31.9 Å². The summed E-state index contributed by atoms with van der Waals surface area (Å²) in [6, 6.07) is 3.80. The molecule has 106 valence electrons. The first kappa shape index (κ1) is 13.9. The second-order valence-corrected chi connectivity index (χ2v) is 7.32. The zero-order valence-electron chi connectivity index (χ0n) is 11.2. The topological polar surface area (TPSA) is 77.8 Å². The van der Waals surface area contributed by atoms with Gasteiger partial charge in [-0.05, 0) is 11.6 Å². The van der Waals surface area contributed by atoms with Crippen molar-refractivity contribution in [3.05, 3.63) is 29.7 Å². The average molecular weight is 308 g/mol. The SMILES string of the molecule is CC1SCCSC1c1noc(-c2ccc(CN)cn2)n1. The van der Waals surface area contributed by atoms with E-state index in [1.54, 1.807) is 6.20 Å². The van der Waals surface area contributed by atoms with E-state index in [0.29, 0.717) is 28.6 Å². The molecule has 3 heterocycles. The van der Waals surface area contributed by atoms with Crippen LogP contribution in [0.25, 0.3) is 11.6 Å². The van der Waals surface area contributed by atoms with Crippen molar-refractivity contribution in [1.82, 2.24) is 15.1 Å². The van der Waals surface area contributed by atoms with Crippen LogP contribution in [-0.2, 0) is 6.54 Å². The van der Waals surface area contributed by atoms with Crippen molar-refractivity contribution < 1.29 is 4.52 Å². The Morgan fingerprint density at radius 2 is 2.20 bits per heavy atom. The molecule has 3 rings (SSSR count). The predicted octanol–water partition coefficient (Wildman–Crippen LogP) is 2.50. The Bertz CT molecular complexity index is 572. The van der Waals surface area contributed by atoms with Crippen LogP contribution in [0, 0.1) is 0 Å². The zero-order chi connectivity index (χ0) is 13.9. The fraction of sp³-hybridized carbons (Fsp3) is 0.462. The highest BCUT2D eigenvalue weighted by Gasteiger charge is 2.28. The number of thioether (sulfide) groups is 2. The fourth-order valence-corrected chi connectivity index (χ4v) is 4.72. The van der Waals surface area contributed by atoms with E-state index in [9.17, 15) is 0 Å². The van der Waals surface area contributed by atoms with Crippen molar-refractivity contribution in [1.29, 1.82) is 0 Å². The van der Waals surface area contributed by atoms with E-state index >= 15 is 0 Å². The molecule has 2 aromatic rings. The standard InChI is InChI=1S/C13H16N4OS2/c1-8-11(20-5-4-19-8)12-16-13(18-17-12)10-3-2-9(6-14)7-15-10/h2-3,7-8,11H,4-6,14H2,1H3. The molecule has 0 saturated carbocycles. The zero-order valence-corrected chi connectivity index (χ0v) is 12.8. The number of nitrogens with zero attached hydrogens (tertiary/aromatic N) is 3. The normalized spacial score (nSPS) is 22.9. The van der Waals surface area contributed by atoms with Gasteiger partial charge in [-0.1, -0.05) is 18.1 Å². The number of nitrogens with two attached hydrogens (primary N) is 1. The molecular formula is C13H16N4OS2. The minimum absolute atomic E-state index is 0.301. The van der Waals surface area contributed by atoms with E-state index < -0.39 is 0 Å². The van der Waals surface area contributed by atoms with Crippen molar-refractivity contribution in [2.75, 3.05) is 11.5 Å². The maximum atomic E-state index is 5.56. The molecule has 1 aliphatic heterocycles. The number of hydrogen-bond donors (Lipinski definition) is 1. The van der Waals surface area contributed by atoms with Crippen LogP contribution < -0.4 is 5.73 Å². The molecule has 1 aliphatic rings. The molecule has 2 atom stereocenters. The Morgan fingerprint density at radius 3 is 2.90 bits per heavy atom. The summed E-state index contributed by atoms with van der Waals surface area (Å²) >= 11 is 3.86. The van der Waals surface area contributed by atoms with Gasteiger partial charge in [0, 0.05) is 29.5 Å². The highest BCUT2D eigenvalue weighted by Crippen LogP contribution is 2.41. The molecule has 2 N–H and O–H groups in total. The molecule has 0 spiro atoms. The first-order chi connectivity index (χ1) is 9.78. The lowest BCUT2D eigenvalue weighted by atomic mass is 10.2. The van der Waals surface area contributed by atoms with E-state index in [0.717, 1.165) is 17.1 Å². The molecular weight excluding hydrogens is 292 g/mol. The van der Waals surface area contributed by atoms with Crippen molar-refractivity contribution in [3.63, 3.8) is 0 Å². The molecule has 1 fully saturated rings. The summed E-state index contributed by atoms with van der Waals surface area (Å²) in [7, 11) is 0. The predicted molar refractivity (Wildman–Crippen MR) is 82.5 cm³/mol. The highest BCUT2D eigenvalue weighted by molar-refractivity contribution is 8.06. The third-order valence-corrected chi connectivity index (χ3v) is 6.25. The average Bonchev–Trinajstić information content (AvgIpc) is 2.97. The molecule has 0 aliphatic carbocycles. The maximum Gasteiger partial charge on any atom is 0.276 e. The summed E-state index contributed by atoms with van der Waals surface area (Å²) in [4.78, 5) is 8.81. The molecule has 20 heavy (non-hydrogen) atoms. The van der Waals surface area contributed by atoms with E-state index in [1.165, 1.54) is 5.75 Å². The maximum absolute atomic E-state index is 5.56. The molecule has 0 radical (unpaired) electrons. The minimum atomic E-state index is 0.301. The van der Waals surface area contributed by atoms with Crippen LogP contribution in [0.15, 0.2) is 22.9 Å². The molecule has 0 aromatic carbocycles. The number of rotatable bonds is 3. The van der Waals surface area contributed by atoms with Gasteiger partial charge in [0.1, 0.15) is 5.69 Å². The van der Waals surface area contributed by atoms with Crippen molar-refractivity contribution in [3.8, 4) is 11.6 Å².